The average Bonchev–Trinajstić information content (AvgIpc) is 3.08. The van der Waals surface area contributed by atoms with Crippen LogP contribution in [-0.2, 0) is 9.59 Å². The molecule has 4 aliphatic rings. The molecule has 0 spiro atoms. The van der Waals surface area contributed by atoms with Gasteiger partial charge in [0.15, 0.2) is 5.78 Å². The fourth-order valence-corrected chi connectivity index (χ4v) is 8.89. The molecule has 0 aromatic rings. The minimum atomic E-state index is -0.922. The molecular formula is C27H45NO4. The lowest BCUT2D eigenvalue weighted by Crippen LogP contribution is -2.62. The summed E-state index contributed by atoms with van der Waals surface area (Å²) in [5.74, 6) is 1.72. The van der Waals surface area contributed by atoms with Crippen LogP contribution in [0.5, 0.6) is 0 Å². The maximum atomic E-state index is 13.6. The van der Waals surface area contributed by atoms with Gasteiger partial charge in [-0.2, -0.15) is 0 Å². The van der Waals surface area contributed by atoms with Gasteiger partial charge in [-0.15, -0.1) is 0 Å². The Morgan fingerprint density at radius 1 is 1.00 bits per heavy atom. The van der Waals surface area contributed by atoms with Gasteiger partial charge in [-0.05, 0) is 99.7 Å². The maximum absolute atomic E-state index is 13.6. The van der Waals surface area contributed by atoms with Gasteiger partial charge < -0.3 is 15.5 Å². The molecule has 1 amide bonds. The number of carbonyl (C=O) groups excluding carboxylic acids is 2. The van der Waals surface area contributed by atoms with E-state index in [1.54, 1.807) is 0 Å². The summed E-state index contributed by atoms with van der Waals surface area (Å²) in [6, 6.07) is 0.177. The molecule has 0 unspecified atom stereocenters. The molecule has 4 aliphatic carbocycles. The van der Waals surface area contributed by atoms with E-state index in [0.717, 1.165) is 44.9 Å². The molecule has 32 heavy (non-hydrogen) atoms. The molecule has 4 fully saturated rings. The second kappa shape index (κ2) is 8.69. The molecule has 0 radical (unpaired) electrons. The standard InChI is InChI=1S/C27H45NO4/c1-15(2)28-22(30)9-6-16(3)18-7-8-19-23-20(11-13-26(18,19)4)27(5)12-10-17(29)14-21(27)24(31)25(23)32/h15-21,23-24,29,31H,6-14H2,1-5H3,(H,28,30)/t16-,17-,18-,19+,20+,21+,23+,24-,26-,27-/m0/s1. The molecule has 4 saturated carbocycles. The molecule has 0 saturated heterocycles. The first-order chi connectivity index (χ1) is 15.0. The van der Waals surface area contributed by atoms with Gasteiger partial charge in [-0.25, -0.2) is 0 Å². The number of hydrogen-bond acceptors (Lipinski definition) is 4. The van der Waals surface area contributed by atoms with Crippen molar-refractivity contribution in [1.82, 2.24) is 5.32 Å². The van der Waals surface area contributed by atoms with E-state index < -0.39 is 6.10 Å². The molecule has 3 N–H and O–H groups in total. The van der Waals surface area contributed by atoms with Gasteiger partial charge in [-0.3, -0.25) is 9.59 Å². The summed E-state index contributed by atoms with van der Waals surface area (Å²) >= 11 is 0. The van der Waals surface area contributed by atoms with Gasteiger partial charge in [0.2, 0.25) is 5.91 Å². The van der Waals surface area contributed by atoms with E-state index in [1.807, 2.05) is 13.8 Å². The van der Waals surface area contributed by atoms with Crippen molar-refractivity contribution in [3.8, 4) is 0 Å². The fraction of sp³-hybridized carbons (Fsp3) is 0.926. The number of Topliss-reactive ketones (excluding diaryl/α,β-unsaturated/α-hetero) is 1. The smallest absolute Gasteiger partial charge is 0.220 e. The zero-order valence-electron chi connectivity index (χ0n) is 20.8. The van der Waals surface area contributed by atoms with E-state index >= 15 is 0 Å². The van der Waals surface area contributed by atoms with Crippen molar-refractivity contribution < 1.29 is 19.8 Å². The molecule has 10 atom stereocenters. The van der Waals surface area contributed by atoms with Crippen LogP contribution in [0.15, 0.2) is 0 Å². The largest absolute Gasteiger partial charge is 0.393 e. The number of ketones is 1. The van der Waals surface area contributed by atoms with Gasteiger partial charge in [0.25, 0.3) is 0 Å². The molecule has 5 nitrogen and oxygen atoms in total. The van der Waals surface area contributed by atoms with Crippen molar-refractivity contribution in [2.24, 2.45) is 46.3 Å². The minimum Gasteiger partial charge on any atom is -0.393 e. The van der Waals surface area contributed by atoms with E-state index in [1.165, 1.54) is 0 Å². The number of aliphatic hydroxyl groups excluding tert-OH is 2. The highest BCUT2D eigenvalue weighted by Crippen LogP contribution is 2.67. The van der Waals surface area contributed by atoms with E-state index in [0.29, 0.717) is 36.5 Å². The summed E-state index contributed by atoms with van der Waals surface area (Å²) in [5.41, 5.74) is 0.0685. The summed E-state index contributed by atoms with van der Waals surface area (Å²) in [4.78, 5) is 25.8. The van der Waals surface area contributed by atoms with Crippen molar-refractivity contribution in [3.63, 3.8) is 0 Å². The van der Waals surface area contributed by atoms with Crippen molar-refractivity contribution in [1.29, 1.82) is 0 Å². The zero-order chi connectivity index (χ0) is 23.4. The zero-order valence-corrected chi connectivity index (χ0v) is 20.8. The predicted molar refractivity (Wildman–Crippen MR) is 125 cm³/mol. The Morgan fingerprint density at radius 2 is 1.66 bits per heavy atom. The Morgan fingerprint density at radius 3 is 2.34 bits per heavy atom. The lowest BCUT2D eigenvalue weighted by atomic mass is 9.43. The molecule has 0 aromatic heterocycles. The maximum Gasteiger partial charge on any atom is 0.220 e. The van der Waals surface area contributed by atoms with E-state index in [4.69, 9.17) is 0 Å². The molecule has 4 rings (SSSR count). The van der Waals surface area contributed by atoms with Crippen LogP contribution in [0.2, 0.25) is 0 Å². The van der Waals surface area contributed by atoms with Gasteiger partial charge in [0.1, 0.15) is 6.10 Å². The number of carbonyl (C=O) groups is 2. The van der Waals surface area contributed by atoms with Gasteiger partial charge in [0, 0.05) is 24.3 Å². The molecule has 0 aromatic carbocycles. The van der Waals surface area contributed by atoms with Crippen LogP contribution in [0.1, 0.15) is 92.4 Å². The molecule has 182 valence electrons. The third-order valence-corrected chi connectivity index (χ3v) is 10.5. The van der Waals surface area contributed by atoms with Crippen LogP contribution in [0.3, 0.4) is 0 Å². The number of aliphatic hydroxyl groups is 2. The first-order valence-corrected chi connectivity index (χ1v) is 13.2. The van der Waals surface area contributed by atoms with Crippen molar-refractivity contribution in [3.05, 3.63) is 0 Å². The van der Waals surface area contributed by atoms with Crippen molar-refractivity contribution >= 4 is 11.7 Å². The average molecular weight is 448 g/mol. The fourth-order valence-electron chi connectivity index (χ4n) is 8.89. The Hall–Kier alpha value is -0.940. The van der Waals surface area contributed by atoms with Crippen LogP contribution in [0.4, 0.5) is 0 Å². The molecule has 0 bridgehead atoms. The lowest BCUT2D eigenvalue weighted by molar-refractivity contribution is -0.183. The van der Waals surface area contributed by atoms with Gasteiger partial charge in [-0.1, -0.05) is 20.8 Å². The highest BCUT2D eigenvalue weighted by atomic mass is 16.3. The van der Waals surface area contributed by atoms with Crippen LogP contribution < -0.4 is 5.32 Å². The van der Waals surface area contributed by atoms with Crippen LogP contribution in [0, 0.1) is 46.3 Å². The molecular weight excluding hydrogens is 402 g/mol. The first kappa shape index (κ1) is 24.2. The van der Waals surface area contributed by atoms with Crippen molar-refractivity contribution in [2.75, 3.05) is 0 Å². The van der Waals surface area contributed by atoms with Crippen LogP contribution >= 0.6 is 0 Å². The number of amides is 1. The Bertz CT molecular complexity index is 737. The number of rotatable bonds is 5. The Balaban J connectivity index is 1.51. The normalized spacial score (nSPS) is 46.9. The summed E-state index contributed by atoms with van der Waals surface area (Å²) in [7, 11) is 0. The van der Waals surface area contributed by atoms with E-state index in [-0.39, 0.29) is 46.5 Å². The Labute approximate surface area is 194 Å². The van der Waals surface area contributed by atoms with Gasteiger partial charge >= 0.3 is 0 Å². The minimum absolute atomic E-state index is 0.0401. The third-order valence-electron chi connectivity index (χ3n) is 10.5. The van der Waals surface area contributed by atoms with Crippen LogP contribution in [-0.4, -0.2) is 40.2 Å². The third kappa shape index (κ3) is 3.85. The predicted octanol–water partition coefficient (Wildman–Crippen LogP) is 4.10. The summed E-state index contributed by atoms with van der Waals surface area (Å²) < 4.78 is 0. The lowest BCUT2D eigenvalue weighted by Gasteiger charge is -2.61. The second-order valence-electron chi connectivity index (χ2n) is 12.6. The van der Waals surface area contributed by atoms with Crippen molar-refractivity contribution in [2.45, 2.75) is 111 Å². The molecule has 0 heterocycles. The topological polar surface area (TPSA) is 86.6 Å². The summed E-state index contributed by atoms with van der Waals surface area (Å²) in [6.07, 6.45) is 6.81. The first-order valence-electron chi connectivity index (χ1n) is 13.2. The second-order valence-corrected chi connectivity index (χ2v) is 12.6. The van der Waals surface area contributed by atoms with Gasteiger partial charge in [0.05, 0.1) is 6.10 Å². The highest BCUT2D eigenvalue weighted by Gasteiger charge is 2.65. The highest BCUT2D eigenvalue weighted by molar-refractivity contribution is 5.87. The van der Waals surface area contributed by atoms with E-state index in [9.17, 15) is 19.8 Å². The Kier molecular flexibility index (Phi) is 6.57. The molecule has 0 aliphatic heterocycles. The number of fused-ring (bicyclic) bond motifs is 5. The monoisotopic (exact) mass is 447 g/mol. The van der Waals surface area contributed by atoms with E-state index in [2.05, 4.69) is 26.1 Å². The number of hydrogen-bond donors (Lipinski definition) is 3. The SMILES string of the molecule is CC(C)NC(=O)CC[C@H](C)[C@@H]1CC[C@@H]2[C@H]3C(=O)[C@@H](O)[C@H]4C[C@@H](O)CC[C@@]4(C)[C@@H]3CC[C@]21C. The number of nitrogens with one attached hydrogen (secondary N) is 1. The summed E-state index contributed by atoms with van der Waals surface area (Å²) in [5, 5.41) is 24.3. The summed E-state index contributed by atoms with van der Waals surface area (Å²) in [6.45, 7) is 11.0. The quantitative estimate of drug-likeness (QED) is 0.592. The van der Waals surface area contributed by atoms with Crippen LogP contribution in [0.25, 0.3) is 0 Å². The molecule has 5 heteroatoms.